The van der Waals surface area contributed by atoms with Gasteiger partial charge >= 0.3 is 0 Å². The summed E-state index contributed by atoms with van der Waals surface area (Å²) in [6.07, 6.45) is 0. The first-order chi connectivity index (χ1) is 11.5. The highest BCUT2D eigenvalue weighted by molar-refractivity contribution is 7.89. The second-order valence-electron chi connectivity index (χ2n) is 5.99. The van der Waals surface area contributed by atoms with Gasteiger partial charge in [-0.2, -0.15) is 0 Å². The van der Waals surface area contributed by atoms with Crippen molar-refractivity contribution >= 4 is 51.6 Å². The minimum Gasteiger partial charge on any atom is -0.207 e. The van der Waals surface area contributed by atoms with E-state index in [1.165, 1.54) is 39.5 Å². The van der Waals surface area contributed by atoms with Crippen LogP contribution in [-0.2, 0) is 20.0 Å². The molecule has 6 nitrogen and oxygen atoms in total. The molecule has 3 aromatic rings. The van der Waals surface area contributed by atoms with Crippen molar-refractivity contribution in [2.75, 3.05) is 28.2 Å². The van der Waals surface area contributed by atoms with E-state index in [0.717, 1.165) is 28.8 Å². The van der Waals surface area contributed by atoms with Gasteiger partial charge in [0.1, 0.15) is 0 Å². The normalized spacial score (nSPS) is 13.4. The Hall–Kier alpha value is -1.52. The number of hydrogen-bond donors (Lipinski definition) is 0. The number of hydrogen-bond acceptors (Lipinski definition) is 5. The lowest BCUT2D eigenvalue weighted by atomic mass is 10.1. The number of fused-ring (bicyclic) bond motifs is 3. The zero-order valence-corrected chi connectivity index (χ0v) is 16.7. The average molecular weight is 399 g/mol. The van der Waals surface area contributed by atoms with E-state index in [0.29, 0.717) is 0 Å². The zero-order valence-electron chi connectivity index (χ0n) is 14.2. The number of thiophene rings is 1. The molecule has 0 unspecified atom stereocenters. The summed E-state index contributed by atoms with van der Waals surface area (Å²) in [5.41, 5.74) is 0. The Balaban J connectivity index is 2.31. The predicted octanol–water partition coefficient (Wildman–Crippen LogP) is 2.56. The van der Waals surface area contributed by atoms with Gasteiger partial charge in [-0.25, -0.2) is 25.4 Å². The third kappa shape index (κ3) is 2.96. The molecular weight excluding hydrogens is 380 g/mol. The van der Waals surface area contributed by atoms with Crippen LogP contribution in [-0.4, -0.2) is 53.6 Å². The van der Waals surface area contributed by atoms with Crippen molar-refractivity contribution in [3.63, 3.8) is 0 Å². The van der Waals surface area contributed by atoms with Crippen LogP contribution in [0.4, 0.5) is 0 Å². The van der Waals surface area contributed by atoms with Gasteiger partial charge in [0, 0.05) is 48.4 Å². The van der Waals surface area contributed by atoms with Gasteiger partial charge in [-0.1, -0.05) is 0 Å². The SMILES string of the molecule is CN(C)S(=O)(=O)c1ccc2sc3ccc(S(=O)(=O)N(C)C)cc3c2c1. The van der Waals surface area contributed by atoms with Crippen LogP contribution in [0.2, 0.25) is 0 Å². The van der Waals surface area contributed by atoms with E-state index in [9.17, 15) is 16.8 Å². The van der Waals surface area contributed by atoms with Gasteiger partial charge in [-0.05, 0) is 36.4 Å². The van der Waals surface area contributed by atoms with Gasteiger partial charge in [-0.15, -0.1) is 11.3 Å². The lowest BCUT2D eigenvalue weighted by Gasteiger charge is -2.12. The molecule has 2 aromatic carbocycles. The highest BCUT2D eigenvalue weighted by Crippen LogP contribution is 2.36. The van der Waals surface area contributed by atoms with Crippen molar-refractivity contribution in [1.29, 1.82) is 0 Å². The summed E-state index contributed by atoms with van der Waals surface area (Å²) in [6, 6.07) is 9.88. The highest BCUT2D eigenvalue weighted by atomic mass is 32.2. The topological polar surface area (TPSA) is 74.8 Å². The van der Waals surface area contributed by atoms with Crippen molar-refractivity contribution in [3.05, 3.63) is 36.4 Å². The van der Waals surface area contributed by atoms with Gasteiger partial charge in [0.25, 0.3) is 0 Å². The summed E-state index contributed by atoms with van der Waals surface area (Å²) in [6.45, 7) is 0. The van der Waals surface area contributed by atoms with E-state index in [1.807, 2.05) is 0 Å². The summed E-state index contributed by atoms with van der Waals surface area (Å²) >= 11 is 1.50. The van der Waals surface area contributed by atoms with Gasteiger partial charge in [0.2, 0.25) is 20.0 Å². The van der Waals surface area contributed by atoms with E-state index in [2.05, 4.69) is 0 Å². The van der Waals surface area contributed by atoms with Crippen LogP contribution in [0.3, 0.4) is 0 Å². The molecule has 0 saturated carbocycles. The molecule has 0 bridgehead atoms. The van der Waals surface area contributed by atoms with Crippen LogP contribution in [0.25, 0.3) is 20.2 Å². The molecule has 0 aliphatic carbocycles. The Morgan fingerprint density at radius 1 is 0.680 bits per heavy atom. The molecule has 0 saturated heterocycles. The molecular formula is C16H18N2O4S3. The predicted molar refractivity (Wildman–Crippen MR) is 101 cm³/mol. The Labute approximate surface area is 151 Å². The van der Waals surface area contributed by atoms with Crippen LogP contribution in [0, 0.1) is 0 Å². The Morgan fingerprint density at radius 2 is 1.04 bits per heavy atom. The Bertz CT molecular complexity index is 1080. The first-order valence-corrected chi connectivity index (χ1v) is 11.1. The van der Waals surface area contributed by atoms with Crippen LogP contribution in [0.5, 0.6) is 0 Å². The lowest BCUT2D eigenvalue weighted by molar-refractivity contribution is 0.520. The van der Waals surface area contributed by atoms with E-state index in [-0.39, 0.29) is 9.79 Å². The van der Waals surface area contributed by atoms with E-state index >= 15 is 0 Å². The number of sulfonamides is 2. The average Bonchev–Trinajstić information content (AvgIpc) is 2.91. The number of rotatable bonds is 4. The minimum atomic E-state index is -3.56. The van der Waals surface area contributed by atoms with Crippen LogP contribution < -0.4 is 0 Å². The van der Waals surface area contributed by atoms with Gasteiger partial charge in [0.05, 0.1) is 9.79 Å². The maximum atomic E-state index is 12.4. The van der Waals surface area contributed by atoms with Crippen molar-refractivity contribution in [2.45, 2.75) is 9.79 Å². The van der Waals surface area contributed by atoms with E-state index in [4.69, 9.17) is 0 Å². The van der Waals surface area contributed by atoms with Crippen molar-refractivity contribution < 1.29 is 16.8 Å². The maximum absolute atomic E-state index is 12.4. The first kappa shape index (κ1) is 18.3. The summed E-state index contributed by atoms with van der Waals surface area (Å²) < 4.78 is 53.6. The smallest absolute Gasteiger partial charge is 0.207 e. The molecule has 0 aliphatic heterocycles. The molecule has 0 aliphatic rings. The van der Waals surface area contributed by atoms with Gasteiger partial charge in [-0.3, -0.25) is 0 Å². The monoisotopic (exact) mass is 398 g/mol. The van der Waals surface area contributed by atoms with Crippen molar-refractivity contribution in [3.8, 4) is 0 Å². The summed E-state index contributed by atoms with van der Waals surface area (Å²) in [4.78, 5) is 0.371. The fourth-order valence-corrected chi connectivity index (χ4v) is 5.40. The molecule has 0 amide bonds. The van der Waals surface area contributed by atoms with Gasteiger partial charge in [0.15, 0.2) is 0 Å². The molecule has 0 N–H and O–H groups in total. The summed E-state index contributed by atoms with van der Waals surface area (Å²) in [5, 5.41) is 1.47. The van der Waals surface area contributed by atoms with E-state index < -0.39 is 20.0 Å². The Kier molecular flexibility index (Phi) is 4.41. The summed E-state index contributed by atoms with van der Waals surface area (Å²) in [5.74, 6) is 0. The fraction of sp³-hybridized carbons (Fsp3) is 0.250. The van der Waals surface area contributed by atoms with Gasteiger partial charge < -0.3 is 0 Å². The number of nitrogens with zero attached hydrogens (tertiary/aromatic N) is 2. The molecule has 0 fully saturated rings. The molecule has 1 aromatic heterocycles. The molecule has 0 radical (unpaired) electrons. The largest absolute Gasteiger partial charge is 0.242 e. The van der Waals surface area contributed by atoms with Crippen LogP contribution >= 0.6 is 11.3 Å². The molecule has 0 atom stereocenters. The van der Waals surface area contributed by atoms with Crippen LogP contribution in [0.1, 0.15) is 0 Å². The van der Waals surface area contributed by atoms with Crippen molar-refractivity contribution in [2.24, 2.45) is 0 Å². The minimum absolute atomic E-state index is 0.186. The maximum Gasteiger partial charge on any atom is 0.242 e. The molecule has 9 heteroatoms. The quantitative estimate of drug-likeness (QED) is 0.677. The third-order valence-electron chi connectivity index (χ3n) is 3.97. The zero-order chi connectivity index (χ0) is 18.6. The fourth-order valence-electron chi connectivity index (χ4n) is 2.48. The molecule has 0 spiro atoms. The summed E-state index contributed by atoms with van der Waals surface area (Å²) in [7, 11) is -1.19. The second kappa shape index (κ2) is 6.03. The Morgan fingerprint density at radius 3 is 1.36 bits per heavy atom. The number of benzene rings is 2. The second-order valence-corrected chi connectivity index (χ2v) is 11.4. The molecule has 25 heavy (non-hydrogen) atoms. The van der Waals surface area contributed by atoms with Crippen LogP contribution in [0.15, 0.2) is 46.2 Å². The lowest BCUT2D eigenvalue weighted by Crippen LogP contribution is -2.22. The molecule has 3 rings (SSSR count). The third-order valence-corrected chi connectivity index (χ3v) is 8.74. The first-order valence-electron chi connectivity index (χ1n) is 7.36. The van der Waals surface area contributed by atoms with E-state index in [1.54, 1.807) is 36.4 Å². The highest BCUT2D eigenvalue weighted by Gasteiger charge is 2.21. The molecule has 134 valence electrons. The molecule has 1 heterocycles. The standard InChI is InChI=1S/C16H18N2O4S3/c1-17(2)24(19,20)11-5-7-15-13(9-11)14-10-12(6-8-16(14)23-15)25(21,22)18(3)4/h5-10H,1-4H3. The van der Waals surface area contributed by atoms with Crippen molar-refractivity contribution in [1.82, 2.24) is 8.61 Å².